The van der Waals surface area contributed by atoms with Gasteiger partial charge in [0.15, 0.2) is 18.1 Å². The van der Waals surface area contributed by atoms with Gasteiger partial charge in [-0.2, -0.15) is 5.10 Å². The fourth-order valence-corrected chi connectivity index (χ4v) is 4.40. The average molecular weight is 683 g/mol. The third-order valence-electron chi connectivity index (χ3n) is 5.04. The van der Waals surface area contributed by atoms with E-state index < -0.39 is 17.7 Å². The quantitative estimate of drug-likeness (QED) is 0.119. The number of hydrogen-bond donors (Lipinski definition) is 3. The Labute approximate surface area is 249 Å². The SMILES string of the molecule is CCOc1cc(/C=N\NC(=O)C(=O)NCc2ccc(C)cc2)cc(I)c1OCC(=O)Nc1ccc(Cl)cc1Cl. The molecule has 0 bridgehead atoms. The number of amides is 3. The summed E-state index contributed by atoms with van der Waals surface area (Å²) in [6, 6.07) is 15.7. The Bertz CT molecular complexity index is 1380. The topological polar surface area (TPSA) is 118 Å². The number of halogens is 3. The zero-order valence-corrected chi connectivity index (χ0v) is 24.7. The van der Waals surface area contributed by atoms with Crippen LogP contribution in [0.1, 0.15) is 23.6 Å². The van der Waals surface area contributed by atoms with Crippen LogP contribution in [0.5, 0.6) is 11.5 Å². The Hall–Kier alpha value is -3.35. The molecule has 0 radical (unpaired) electrons. The minimum atomic E-state index is -0.898. The van der Waals surface area contributed by atoms with Gasteiger partial charge in [-0.05, 0) is 77.9 Å². The number of nitrogens with zero attached hydrogens (tertiary/aromatic N) is 1. The Balaban J connectivity index is 1.58. The van der Waals surface area contributed by atoms with Gasteiger partial charge in [0, 0.05) is 11.6 Å². The summed E-state index contributed by atoms with van der Waals surface area (Å²) in [4.78, 5) is 36.5. The molecule has 0 aliphatic rings. The molecule has 204 valence electrons. The van der Waals surface area contributed by atoms with E-state index in [9.17, 15) is 14.4 Å². The number of hydrazone groups is 1. The van der Waals surface area contributed by atoms with E-state index in [-0.39, 0.29) is 13.2 Å². The fourth-order valence-electron chi connectivity index (χ4n) is 3.17. The summed E-state index contributed by atoms with van der Waals surface area (Å²) in [6.45, 7) is 4.04. The maximum atomic E-state index is 12.4. The zero-order chi connectivity index (χ0) is 28.4. The second kappa shape index (κ2) is 14.7. The lowest BCUT2D eigenvalue weighted by Crippen LogP contribution is -2.37. The van der Waals surface area contributed by atoms with E-state index in [0.29, 0.717) is 43.0 Å². The van der Waals surface area contributed by atoms with Crippen LogP contribution < -0.4 is 25.5 Å². The summed E-state index contributed by atoms with van der Waals surface area (Å²) >= 11 is 14.0. The summed E-state index contributed by atoms with van der Waals surface area (Å²) in [5, 5.41) is 9.84. The van der Waals surface area contributed by atoms with Crippen molar-refractivity contribution in [2.24, 2.45) is 5.10 Å². The highest BCUT2D eigenvalue weighted by atomic mass is 127. The maximum absolute atomic E-state index is 12.4. The first-order valence-electron chi connectivity index (χ1n) is 11.7. The van der Waals surface area contributed by atoms with Gasteiger partial charge in [0.1, 0.15) is 0 Å². The second-order valence-electron chi connectivity index (χ2n) is 8.09. The molecule has 3 aromatic rings. The number of rotatable bonds is 10. The lowest BCUT2D eigenvalue weighted by Gasteiger charge is -2.15. The van der Waals surface area contributed by atoms with Crippen LogP contribution in [0.3, 0.4) is 0 Å². The van der Waals surface area contributed by atoms with Crippen molar-refractivity contribution in [3.63, 3.8) is 0 Å². The molecule has 12 heteroatoms. The van der Waals surface area contributed by atoms with Gasteiger partial charge in [0.05, 0.1) is 27.1 Å². The van der Waals surface area contributed by atoms with Gasteiger partial charge in [-0.3, -0.25) is 14.4 Å². The average Bonchev–Trinajstić information content (AvgIpc) is 2.89. The van der Waals surface area contributed by atoms with Crippen LogP contribution in [-0.4, -0.2) is 37.1 Å². The Kier molecular flexibility index (Phi) is 11.4. The highest BCUT2D eigenvalue weighted by molar-refractivity contribution is 14.1. The van der Waals surface area contributed by atoms with Crippen LogP contribution in [0.15, 0.2) is 59.7 Å². The van der Waals surface area contributed by atoms with Crippen LogP contribution in [0, 0.1) is 10.5 Å². The number of ether oxygens (including phenoxy) is 2. The lowest BCUT2D eigenvalue weighted by atomic mass is 10.1. The van der Waals surface area contributed by atoms with Crippen molar-refractivity contribution in [3.05, 3.63) is 84.9 Å². The van der Waals surface area contributed by atoms with E-state index in [1.54, 1.807) is 24.3 Å². The number of anilines is 1. The first kappa shape index (κ1) is 30.2. The minimum Gasteiger partial charge on any atom is -0.490 e. The highest BCUT2D eigenvalue weighted by Crippen LogP contribution is 2.34. The third kappa shape index (κ3) is 9.41. The van der Waals surface area contributed by atoms with E-state index >= 15 is 0 Å². The summed E-state index contributed by atoms with van der Waals surface area (Å²) in [5.41, 5.74) is 5.16. The van der Waals surface area contributed by atoms with Gasteiger partial charge >= 0.3 is 11.8 Å². The van der Waals surface area contributed by atoms with Gasteiger partial charge in [0.2, 0.25) is 0 Å². The molecule has 0 saturated carbocycles. The molecule has 39 heavy (non-hydrogen) atoms. The monoisotopic (exact) mass is 682 g/mol. The maximum Gasteiger partial charge on any atom is 0.329 e. The number of carbonyl (C=O) groups excluding carboxylic acids is 3. The number of carbonyl (C=O) groups is 3. The minimum absolute atomic E-state index is 0.221. The number of nitrogens with one attached hydrogen (secondary N) is 3. The second-order valence-corrected chi connectivity index (χ2v) is 10.1. The molecule has 0 saturated heterocycles. The van der Waals surface area contributed by atoms with Crippen molar-refractivity contribution in [2.45, 2.75) is 20.4 Å². The molecule has 3 aromatic carbocycles. The fraction of sp³-hybridized carbons (Fsp3) is 0.185. The van der Waals surface area contributed by atoms with Crippen molar-refractivity contribution in [3.8, 4) is 11.5 Å². The molecule has 3 N–H and O–H groups in total. The zero-order valence-electron chi connectivity index (χ0n) is 21.0. The van der Waals surface area contributed by atoms with Crippen LogP contribution in [0.4, 0.5) is 5.69 Å². The first-order valence-corrected chi connectivity index (χ1v) is 13.5. The molecule has 9 nitrogen and oxygen atoms in total. The van der Waals surface area contributed by atoms with Crippen LogP contribution >= 0.6 is 45.8 Å². The molecule has 3 rings (SSSR count). The van der Waals surface area contributed by atoms with Crippen LogP contribution in [0.25, 0.3) is 0 Å². The number of benzene rings is 3. The molecular weight excluding hydrogens is 658 g/mol. The summed E-state index contributed by atoms with van der Waals surface area (Å²) in [5.74, 6) is -1.38. The van der Waals surface area contributed by atoms with E-state index in [0.717, 1.165) is 11.1 Å². The predicted octanol–water partition coefficient (Wildman–Crippen LogP) is 5.09. The van der Waals surface area contributed by atoms with Crippen molar-refractivity contribution in [1.29, 1.82) is 0 Å². The van der Waals surface area contributed by atoms with E-state index in [1.807, 2.05) is 60.7 Å². The number of aryl methyl sites for hydroxylation is 1. The summed E-state index contributed by atoms with van der Waals surface area (Å²) in [7, 11) is 0. The molecule has 3 amide bonds. The molecule has 0 heterocycles. The van der Waals surface area contributed by atoms with E-state index in [4.69, 9.17) is 32.7 Å². The molecule has 0 aliphatic carbocycles. The molecule has 0 unspecified atom stereocenters. The lowest BCUT2D eigenvalue weighted by molar-refractivity contribution is -0.139. The number of hydrogen-bond acceptors (Lipinski definition) is 6. The van der Waals surface area contributed by atoms with Gasteiger partial charge in [0.25, 0.3) is 5.91 Å². The molecule has 0 aliphatic heterocycles. The van der Waals surface area contributed by atoms with E-state index in [1.165, 1.54) is 12.3 Å². The Morgan fingerprint density at radius 3 is 2.44 bits per heavy atom. The van der Waals surface area contributed by atoms with Gasteiger partial charge in [-0.15, -0.1) is 0 Å². The molecule has 0 fully saturated rings. The van der Waals surface area contributed by atoms with Crippen LogP contribution in [0.2, 0.25) is 10.0 Å². The molecular formula is C27H25Cl2IN4O5. The van der Waals surface area contributed by atoms with Crippen molar-refractivity contribution in [1.82, 2.24) is 10.7 Å². The van der Waals surface area contributed by atoms with Crippen molar-refractivity contribution >= 4 is 75.4 Å². The highest BCUT2D eigenvalue weighted by Gasteiger charge is 2.15. The molecule has 0 aromatic heterocycles. The van der Waals surface area contributed by atoms with E-state index in [2.05, 4.69) is 21.2 Å². The third-order valence-corrected chi connectivity index (χ3v) is 6.39. The summed E-state index contributed by atoms with van der Waals surface area (Å²) in [6.07, 6.45) is 1.37. The Morgan fingerprint density at radius 1 is 1.00 bits per heavy atom. The smallest absolute Gasteiger partial charge is 0.329 e. The largest absolute Gasteiger partial charge is 0.490 e. The van der Waals surface area contributed by atoms with Gasteiger partial charge < -0.3 is 20.1 Å². The Morgan fingerprint density at radius 2 is 1.74 bits per heavy atom. The molecule has 0 spiro atoms. The van der Waals surface area contributed by atoms with Crippen molar-refractivity contribution < 1.29 is 23.9 Å². The normalized spacial score (nSPS) is 10.7. The summed E-state index contributed by atoms with van der Waals surface area (Å²) < 4.78 is 12.1. The standard InChI is InChI=1S/C27H25Cl2IN4O5/c1-3-38-23-11-18(14-32-34-27(37)26(36)31-13-17-6-4-16(2)5-7-17)10-21(30)25(23)39-15-24(35)33-22-9-8-19(28)12-20(22)29/h4-12,14H,3,13,15H2,1-2H3,(H,31,36)(H,33,35)(H,34,37)/b32-14-. The van der Waals surface area contributed by atoms with Gasteiger partial charge in [-0.25, -0.2) is 5.43 Å². The van der Waals surface area contributed by atoms with Crippen LogP contribution in [-0.2, 0) is 20.9 Å². The first-order chi connectivity index (χ1) is 18.7. The molecule has 0 atom stereocenters. The van der Waals surface area contributed by atoms with Crippen molar-refractivity contribution in [2.75, 3.05) is 18.5 Å². The predicted molar refractivity (Wildman–Crippen MR) is 160 cm³/mol. The van der Waals surface area contributed by atoms with Gasteiger partial charge in [-0.1, -0.05) is 53.0 Å².